The maximum atomic E-state index is 9.06. The third-order valence-electron chi connectivity index (χ3n) is 4.57. The number of hydrogen-bond acceptors (Lipinski definition) is 6. The first kappa shape index (κ1) is 15.5. The van der Waals surface area contributed by atoms with Crippen molar-refractivity contribution < 1.29 is 0 Å². The van der Waals surface area contributed by atoms with Crippen LogP contribution in [0.1, 0.15) is 30.0 Å². The summed E-state index contributed by atoms with van der Waals surface area (Å²) in [7, 11) is 0. The minimum Gasteiger partial charge on any atom is -0.324 e. The number of hydrogen-bond donors (Lipinski definition) is 1. The van der Waals surface area contributed by atoms with Crippen molar-refractivity contribution in [2.75, 3.05) is 5.32 Å². The van der Waals surface area contributed by atoms with E-state index in [2.05, 4.69) is 26.6 Å². The molecule has 130 valence electrons. The quantitative estimate of drug-likeness (QED) is 0.602. The number of anilines is 2. The van der Waals surface area contributed by atoms with Crippen molar-refractivity contribution in [3.05, 3.63) is 66.1 Å². The lowest BCUT2D eigenvalue weighted by atomic mass is 10.1. The molecule has 1 fully saturated rings. The summed E-state index contributed by atoms with van der Waals surface area (Å²) in [5.41, 5.74) is 5.17. The number of nitrogens with one attached hydrogen (secondary N) is 1. The molecule has 0 saturated heterocycles. The number of nitrogens with zero attached hydrogens (tertiary/aromatic N) is 6. The van der Waals surface area contributed by atoms with Crippen LogP contribution in [0.5, 0.6) is 0 Å². The maximum Gasteiger partial charge on any atom is 0.227 e. The molecule has 0 bridgehead atoms. The Morgan fingerprint density at radius 2 is 2.04 bits per heavy atom. The molecule has 3 aromatic heterocycles. The molecule has 0 unspecified atom stereocenters. The minimum absolute atomic E-state index is 0.473. The zero-order valence-electron chi connectivity index (χ0n) is 14.4. The molecule has 1 aliphatic carbocycles. The fourth-order valence-corrected chi connectivity index (χ4v) is 3.17. The average Bonchev–Trinajstić information content (AvgIpc) is 3.48. The van der Waals surface area contributed by atoms with Gasteiger partial charge in [0.05, 0.1) is 34.1 Å². The second-order valence-electron chi connectivity index (χ2n) is 6.52. The lowest BCUT2D eigenvalue weighted by Gasteiger charge is -2.07. The summed E-state index contributed by atoms with van der Waals surface area (Å²) in [5.74, 6) is 0.952. The van der Waals surface area contributed by atoms with Crippen LogP contribution >= 0.6 is 0 Å². The van der Waals surface area contributed by atoms with Crippen molar-refractivity contribution >= 4 is 17.2 Å². The zero-order chi connectivity index (χ0) is 18.2. The lowest BCUT2D eigenvalue weighted by Crippen LogP contribution is -1.98. The zero-order valence-corrected chi connectivity index (χ0v) is 14.4. The van der Waals surface area contributed by atoms with E-state index in [9.17, 15) is 0 Å². The summed E-state index contributed by atoms with van der Waals surface area (Å²) in [6.45, 7) is 0. The summed E-state index contributed by atoms with van der Waals surface area (Å²) in [6, 6.07) is 15.2. The van der Waals surface area contributed by atoms with Crippen LogP contribution in [0.25, 0.3) is 16.8 Å². The molecule has 1 saturated carbocycles. The van der Waals surface area contributed by atoms with Crippen molar-refractivity contribution in [2.24, 2.45) is 0 Å². The van der Waals surface area contributed by atoms with Crippen LogP contribution in [-0.4, -0.2) is 24.8 Å². The summed E-state index contributed by atoms with van der Waals surface area (Å²) in [4.78, 5) is 9.02. The Labute approximate surface area is 155 Å². The second-order valence-corrected chi connectivity index (χ2v) is 6.52. The van der Waals surface area contributed by atoms with Gasteiger partial charge in [0.1, 0.15) is 0 Å². The topological polar surface area (TPSA) is 91.8 Å². The Morgan fingerprint density at radius 3 is 2.89 bits per heavy atom. The highest BCUT2D eigenvalue weighted by atomic mass is 15.4. The number of benzene rings is 1. The van der Waals surface area contributed by atoms with Crippen LogP contribution in [0.2, 0.25) is 0 Å². The van der Waals surface area contributed by atoms with Gasteiger partial charge in [-0.3, -0.25) is 0 Å². The van der Waals surface area contributed by atoms with E-state index in [1.165, 1.54) is 0 Å². The predicted molar refractivity (Wildman–Crippen MR) is 100 cm³/mol. The Kier molecular flexibility index (Phi) is 3.54. The molecule has 27 heavy (non-hydrogen) atoms. The lowest BCUT2D eigenvalue weighted by molar-refractivity contribution is 0.773. The van der Waals surface area contributed by atoms with Crippen molar-refractivity contribution in [1.29, 1.82) is 5.26 Å². The first-order chi connectivity index (χ1) is 13.3. The van der Waals surface area contributed by atoms with Crippen molar-refractivity contribution in [2.45, 2.75) is 18.8 Å². The molecule has 7 heteroatoms. The molecule has 0 radical (unpaired) electrons. The fourth-order valence-electron chi connectivity index (χ4n) is 3.17. The van der Waals surface area contributed by atoms with Gasteiger partial charge in [-0.2, -0.15) is 20.1 Å². The van der Waals surface area contributed by atoms with Gasteiger partial charge in [0, 0.05) is 24.0 Å². The van der Waals surface area contributed by atoms with Crippen LogP contribution < -0.4 is 5.32 Å². The molecule has 7 nitrogen and oxygen atoms in total. The predicted octanol–water partition coefficient (Wildman–Crippen LogP) is 3.68. The first-order valence-electron chi connectivity index (χ1n) is 8.76. The number of rotatable bonds is 4. The van der Waals surface area contributed by atoms with Gasteiger partial charge < -0.3 is 5.32 Å². The Bertz CT molecular complexity index is 1180. The van der Waals surface area contributed by atoms with E-state index in [1.807, 2.05) is 30.3 Å². The average molecular weight is 353 g/mol. The monoisotopic (exact) mass is 353 g/mol. The van der Waals surface area contributed by atoms with E-state index < -0.39 is 0 Å². The molecule has 0 atom stereocenters. The molecule has 5 rings (SSSR count). The van der Waals surface area contributed by atoms with Gasteiger partial charge in [0.2, 0.25) is 5.95 Å². The van der Waals surface area contributed by atoms with Crippen LogP contribution in [0.4, 0.5) is 11.6 Å². The summed E-state index contributed by atoms with van der Waals surface area (Å²) < 4.78 is 1.68. The molecule has 3 heterocycles. The van der Waals surface area contributed by atoms with E-state index in [-0.39, 0.29) is 0 Å². The molecule has 1 N–H and O–H groups in total. The van der Waals surface area contributed by atoms with Gasteiger partial charge in [-0.25, -0.2) is 9.97 Å². The van der Waals surface area contributed by atoms with Gasteiger partial charge in [-0.1, -0.05) is 6.07 Å². The Balaban J connectivity index is 1.57. The molecule has 1 aliphatic rings. The van der Waals surface area contributed by atoms with E-state index in [0.717, 1.165) is 41.0 Å². The van der Waals surface area contributed by atoms with Gasteiger partial charge in [0.25, 0.3) is 0 Å². The van der Waals surface area contributed by atoms with Gasteiger partial charge in [-0.15, -0.1) is 0 Å². The maximum absolute atomic E-state index is 9.06. The van der Waals surface area contributed by atoms with E-state index >= 15 is 0 Å². The highest BCUT2D eigenvalue weighted by molar-refractivity contribution is 5.81. The summed E-state index contributed by atoms with van der Waals surface area (Å²) in [6.07, 6.45) is 5.76. The molecular formula is C20H15N7. The number of fused-ring (bicyclic) bond motifs is 1. The van der Waals surface area contributed by atoms with Crippen LogP contribution in [-0.2, 0) is 0 Å². The van der Waals surface area contributed by atoms with Crippen LogP contribution in [0.3, 0.4) is 0 Å². The standard InChI is InChI=1S/C20H15N7/c21-12-13-3-1-4-15(11-13)24-20-22-10-8-16(25-20)18-17-5-2-9-23-27(17)26-19(18)14-6-7-14/h1-5,8-11,14H,6-7H2,(H,22,24,25). The molecule has 0 spiro atoms. The molecule has 4 aromatic rings. The van der Waals surface area contributed by atoms with Crippen LogP contribution in [0.15, 0.2) is 54.9 Å². The van der Waals surface area contributed by atoms with Crippen molar-refractivity contribution in [1.82, 2.24) is 24.8 Å². The molecule has 1 aromatic carbocycles. The van der Waals surface area contributed by atoms with E-state index in [4.69, 9.17) is 10.2 Å². The minimum atomic E-state index is 0.473. The third-order valence-corrected chi connectivity index (χ3v) is 4.57. The first-order valence-corrected chi connectivity index (χ1v) is 8.76. The SMILES string of the molecule is N#Cc1cccc(Nc2nccc(-c3c(C4CC4)nn4ncccc34)n2)c1. The molecular weight excluding hydrogens is 338 g/mol. The normalized spacial score (nSPS) is 13.4. The highest BCUT2D eigenvalue weighted by Crippen LogP contribution is 2.44. The molecule has 0 aliphatic heterocycles. The van der Waals surface area contributed by atoms with Gasteiger partial charge in [-0.05, 0) is 49.2 Å². The number of nitriles is 1. The Hall–Kier alpha value is -3.79. The van der Waals surface area contributed by atoms with Gasteiger partial charge >= 0.3 is 0 Å². The molecule has 0 amide bonds. The van der Waals surface area contributed by atoms with Crippen molar-refractivity contribution in [3.63, 3.8) is 0 Å². The summed E-state index contributed by atoms with van der Waals surface area (Å²) in [5, 5.41) is 21.2. The van der Waals surface area contributed by atoms with Gasteiger partial charge in [0.15, 0.2) is 0 Å². The largest absolute Gasteiger partial charge is 0.324 e. The second kappa shape index (κ2) is 6.18. The van der Waals surface area contributed by atoms with E-state index in [0.29, 0.717) is 17.4 Å². The third kappa shape index (κ3) is 2.87. The highest BCUT2D eigenvalue weighted by Gasteiger charge is 2.31. The van der Waals surface area contributed by atoms with Crippen LogP contribution in [0, 0.1) is 11.3 Å². The fraction of sp³-hybridized carbons (Fsp3) is 0.150. The van der Waals surface area contributed by atoms with Crippen molar-refractivity contribution in [3.8, 4) is 17.3 Å². The Morgan fingerprint density at radius 1 is 1.11 bits per heavy atom. The summed E-state index contributed by atoms with van der Waals surface area (Å²) >= 11 is 0. The van der Waals surface area contributed by atoms with E-state index in [1.54, 1.807) is 29.2 Å². The smallest absolute Gasteiger partial charge is 0.227 e. The number of aromatic nitrogens is 5.